The zero-order chi connectivity index (χ0) is 22.7. The van der Waals surface area contributed by atoms with Crippen molar-refractivity contribution in [3.05, 3.63) is 75.2 Å². The number of aromatic nitrogens is 1. The summed E-state index contributed by atoms with van der Waals surface area (Å²) in [6.07, 6.45) is 0. The van der Waals surface area contributed by atoms with E-state index in [4.69, 9.17) is 9.47 Å². The van der Waals surface area contributed by atoms with Crippen molar-refractivity contribution in [3.63, 3.8) is 0 Å². The number of ether oxygens (including phenoxy) is 2. The first-order chi connectivity index (χ1) is 14.8. The highest BCUT2D eigenvalue weighted by Crippen LogP contribution is 2.29. The Hall–Kier alpha value is -2.78. The molecule has 0 N–H and O–H groups in total. The standard InChI is InChI=1S/C22H20F3NO4S/c1-3-30-22(28)16-20(27)14-9-15(23)17(24)18(25)19(14)26(21(16)31)12(2)10-29-11-13-7-5-4-6-8-13/h4-9,12,31H,3,10-11H2,1-2H3/t12-/m0/s1. The van der Waals surface area contributed by atoms with Gasteiger partial charge in [0.15, 0.2) is 17.5 Å². The van der Waals surface area contributed by atoms with Crippen molar-refractivity contribution in [2.45, 2.75) is 31.5 Å². The molecule has 0 aliphatic rings. The highest BCUT2D eigenvalue weighted by atomic mass is 32.1. The van der Waals surface area contributed by atoms with Crippen LogP contribution in [0.4, 0.5) is 13.2 Å². The molecule has 164 valence electrons. The van der Waals surface area contributed by atoms with Crippen LogP contribution in [0.2, 0.25) is 0 Å². The molecule has 3 rings (SSSR count). The molecule has 0 radical (unpaired) electrons. The smallest absolute Gasteiger partial charge is 0.344 e. The van der Waals surface area contributed by atoms with E-state index in [1.54, 1.807) is 13.8 Å². The molecule has 2 aromatic carbocycles. The predicted molar refractivity (Wildman–Crippen MR) is 112 cm³/mol. The van der Waals surface area contributed by atoms with E-state index in [1.165, 1.54) is 0 Å². The van der Waals surface area contributed by atoms with Crippen molar-refractivity contribution >= 4 is 29.5 Å². The highest BCUT2D eigenvalue weighted by Gasteiger charge is 2.28. The highest BCUT2D eigenvalue weighted by molar-refractivity contribution is 7.80. The van der Waals surface area contributed by atoms with E-state index in [2.05, 4.69) is 12.6 Å². The van der Waals surface area contributed by atoms with Crippen LogP contribution < -0.4 is 5.43 Å². The Morgan fingerprint density at radius 2 is 1.84 bits per heavy atom. The lowest BCUT2D eigenvalue weighted by Crippen LogP contribution is -2.26. The molecule has 1 aromatic heterocycles. The summed E-state index contributed by atoms with van der Waals surface area (Å²) in [5.74, 6) is -5.80. The predicted octanol–water partition coefficient (Wildman–Crippen LogP) is 4.66. The summed E-state index contributed by atoms with van der Waals surface area (Å²) in [5.41, 5.74) is -1.09. The molecule has 1 heterocycles. The number of halogens is 3. The first-order valence-corrected chi connectivity index (χ1v) is 9.96. The van der Waals surface area contributed by atoms with E-state index in [0.717, 1.165) is 10.1 Å². The van der Waals surface area contributed by atoms with E-state index in [-0.39, 0.29) is 24.8 Å². The van der Waals surface area contributed by atoms with Gasteiger partial charge >= 0.3 is 5.97 Å². The largest absolute Gasteiger partial charge is 0.462 e. The van der Waals surface area contributed by atoms with Gasteiger partial charge in [0.1, 0.15) is 5.56 Å². The number of carbonyl (C=O) groups excluding carboxylic acids is 1. The molecule has 0 spiro atoms. The minimum Gasteiger partial charge on any atom is -0.462 e. The second kappa shape index (κ2) is 9.57. The van der Waals surface area contributed by atoms with Crippen LogP contribution in [-0.4, -0.2) is 23.8 Å². The molecule has 0 amide bonds. The average Bonchev–Trinajstić information content (AvgIpc) is 2.74. The molecule has 0 aliphatic carbocycles. The Bertz CT molecular complexity index is 1180. The molecule has 0 saturated heterocycles. The topological polar surface area (TPSA) is 57.5 Å². The van der Waals surface area contributed by atoms with Crippen LogP contribution >= 0.6 is 12.6 Å². The van der Waals surface area contributed by atoms with Gasteiger partial charge in [0, 0.05) is 0 Å². The van der Waals surface area contributed by atoms with Gasteiger partial charge < -0.3 is 14.0 Å². The first-order valence-electron chi connectivity index (χ1n) is 9.51. The minimum atomic E-state index is -1.73. The maximum absolute atomic E-state index is 14.7. The van der Waals surface area contributed by atoms with Gasteiger partial charge in [-0.05, 0) is 25.5 Å². The van der Waals surface area contributed by atoms with Crippen molar-refractivity contribution in [1.29, 1.82) is 0 Å². The number of nitrogens with zero attached hydrogens (tertiary/aromatic N) is 1. The maximum atomic E-state index is 14.7. The maximum Gasteiger partial charge on any atom is 0.344 e. The van der Waals surface area contributed by atoms with Gasteiger partial charge in [-0.15, -0.1) is 12.6 Å². The number of pyridine rings is 1. The van der Waals surface area contributed by atoms with Gasteiger partial charge in [0.25, 0.3) is 0 Å². The van der Waals surface area contributed by atoms with Crippen LogP contribution in [0.15, 0.2) is 46.2 Å². The SMILES string of the molecule is CCOC(=O)c1c(S)n([C@@H](C)COCc2ccccc2)c2c(F)c(F)c(F)cc2c1=O. The Labute approximate surface area is 181 Å². The van der Waals surface area contributed by atoms with Gasteiger partial charge in [0.2, 0.25) is 5.43 Å². The number of hydrogen-bond donors (Lipinski definition) is 1. The van der Waals surface area contributed by atoms with E-state index in [0.29, 0.717) is 6.07 Å². The monoisotopic (exact) mass is 451 g/mol. The zero-order valence-corrected chi connectivity index (χ0v) is 17.7. The van der Waals surface area contributed by atoms with E-state index in [9.17, 15) is 22.8 Å². The van der Waals surface area contributed by atoms with Gasteiger partial charge in [-0.1, -0.05) is 30.3 Å². The van der Waals surface area contributed by atoms with Crippen LogP contribution in [0.5, 0.6) is 0 Å². The van der Waals surface area contributed by atoms with Crippen molar-refractivity contribution in [2.75, 3.05) is 13.2 Å². The van der Waals surface area contributed by atoms with E-state index in [1.807, 2.05) is 30.3 Å². The lowest BCUT2D eigenvalue weighted by molar-refractivity contribution is 0.0516. The summed E-state index contributed by atoms with van der Waals surface area (Å²) < 4.78 is 54.3. The Kier molecular flexibility index (Phi) is 7.07. The quantitative estimate of drug-likeness (QED) is 0.323. The fourth-order valence-electron chi connectivity index (χ4n) is 3.27. The van der Waals surface area contributed by atoms with Crippen LogP contribution in [-0.2, 0) is 16.1 Å². The molecule has 0 aliphatic heterocycles. The molecule has 1 atom stereocenters. The third kappa shape index (κ3) is 4.47. The number of esters is 1. The fourth-order valence-corrected chi connectivity index (χ4v) is 3.76. The average molecular weight is 451 g/mol. The minimum absolute atomic E-state index is 0.0150. The van der Waals surface area contributed by atoms with Crippen LogP contribution in [0.25, 0.3) is 10.9 Å². The lowest BCUT2D eigenvalue weighted by Gasteiger charge is -2.23. The van der Waals surface area contributed by atoms with E-state index < -0.39 is 51.4 Å². The number of carbonyl (C=O) groups is 1. The molecule has 0 unspecified atom stereocenters. The first kappa shape index (κ1) is 22.9. The van der Waals surface area contributed by atoms with Crippen LogP contribution in [0.1, 0.15) is 35.8 Å². The van der Waals surface area contributed by atoms with Crippen molar-refractivity contribution < 1.29 is 27.4 Å². The molecule has 0 saturated carbocycles. The second-order valence-electron chi connectivity index (χ2n) is 6.85. The van der Waals surface area contributed by atoms with Crippen LogP contribution in [0, 0.1) is 17.5 Å². The molecule has 31 heavy (non-hydrogen) atoms. The number of rotatable bonds is 7. The number of benzene rings is 2. The number of thiol groups is 1. The molecule has 0 fully saturated rings. The van der Waals surface area contributed by atoms with Crippen LogP contribution in [0.3, 0.4) is 0 Å². The van der Waals surface area contributed by atoms with Crippen molar-refractivity contribution in [3.8, 4) is 0 Å². The normalized spacial score (nSPS) is 12.2. The summed E-state index contributed by atoms with van der Waals surface area (Å²) >= 11 is 4.25. The fraction of sp³-hybridized carbons (Fsp3) is 0.273. The number of hydrogen-bond acceptors (Lipinski definition) is 5. The molecular formula is C22H20F3NO4S. The van der Waals surface area contributed by atoms with Gasteiger partial charge in [-0.3, -0.25) is 4.79 Å². The third-order valence-corrected chi connectivity index (χ3v) is 5.13. The Balaban J connectivity index is 2.12. The second-order valence-corrected chi connectivity index (χ2v) is 7.27. The van der Waals surface area contributed by atoms with E-state index >= 15 is 0 Å². The summed E-state index contributed by atoms with van der Waals surface area (Å²) in [6.45, 7) is 3.41. The lowest BCUT2D eigenvalue weighted by atomic mass is 10.1. The molecular weight excluding hydrogens is 431 g/mol. The Morgan fingerprint density at radius 3 is 2.48 bits per heavy atom. The van der Waals surface area contributed by atoms with Gasteiger partial charge in [0.05, 0.1) is 41.8 Å². The molecule has 3 aromatic rings. The zero-order valence-electron chi connectivity index (χ0n) is 16.8. The van der Waals surface area contributed by atoms with Gasteiger partial charge in [-0.2, -0.15) is 0 Å². The Morgan fingerprint density at radius 1 is 1.16 bits per heavy atom. The summed E-state index contributed by atoms with van der Waals surface area (Å²) in [6, 6.07) is 9.16. The van der Waals surface area contributed by atoms with Crippen molar-refractivity contribution in [2.24, 2.45) is 0 Å². The number of fused-ring (bicyclic) bond motifs is 1. The summed E-state index contributed by atoms with van der Waals surface area (Å²) in [7, 11) is 0. The molecule has 9 heteroatoms. The summed E-state index contributed by atoms with van der Waals surface area (Å²) in [4.78, 5) is 25.2. The summed E-state index contributed by atoms with van der Waals surface area (Å²) in [5, 5.41) is -0.719. The van der Waals surface area contributed by atoms with Crippen molar-refractivity contribution in [1.82, 2.24) is 4.57 Å². The third-order valence-electron chi connectivity index (χ3n) is 4.69. The van der Waals surface area contributed by atoms with Gasteiger partial charge in [-0.25, -0.2) is 18.0 Å². The molecule has 5 nitrogen and oxygen atoms in total. The molecule has 0 bridgehead atoms.